The molecule has 4 heteroatoms. The molecule has 2 saturated carbocycles. The topological polar surface area (TPSA) is 52.6 Å². The Morgan fingerprint density at radius 1 is 1.11 bits per heavy atom. The van der Waals surface area contributed by atoms with Gasteiger partial charge in [0.15, 0.2) is 0 Å². The van der Waals surface area contributed by atoms with Crippen molar-refractivity contribution in [2.45, 2.75) is 82.7 Å². The molecule has 2 aliphatic rings. The number of carbonyl (C=O) groups is 1. The smallest absolute Gasteiger partial charge is 0.333 e. The van der Waals surface area contributed by atoms with Gasteiger partial charge in [-0.3, -0.25) is 5.21 Å². The first-order chi connectivity index (χ1) is 8.62. The van der Waals surface area contributed by atoms with Crippen molar-refractivity contribution in [3.8, 4) is 0 Å². The third-order valence-electron chi connectivity index (χ3n) is 4.57. The van der Waals surface area contributed by atoms with E-state index in [1.807, 2.05) is 6.92 Å². The van der Waals surface area contributed by atoms with Crippen molar-refractivity contribution < 1.29 is 10.0 Å². The summed E-state index contributed by atoms with van der Waals surface area (Å²) >= 11 is 0. The van der Waals surface area contributed by atoms with Crippen molar-refractivity contribution in [1.29, 1.82) is 0 Å². The van der Waals surface area contributed by atoms with E-state index in [0.29, 0.717) is 0 Å². The molecule has 18 heavy (non-hydrogen) atoms. The molecule has 0 spiro atoms. The molecule has 0 saturated heterocycles. The van der Waals surface area contributed by atoms with Gasteiger partial charge < -0.3 is 5.32 Å². The molecule has 0 bridgehead atoms. The molecular weight excluding hydrogens is 228 g/mol. The molecule has 104 valence electrons. The van der Waals surface area contributed by atoms with Crippen LogP contribution in [0.15, 0.2) is 0 Å². The van der Waals surface area contributed by atoms with Crippen molar-refractivity contribution in [2.75, 3.05) is 0 Å². The number of carbonyl (C=O) groups excluding carboxylic acids is 1. The van der Waals surface area contributed by atoms with Gasteiger partial charge in [-0.15, -0.1) is 0 Å². The maximum Gasteiger partial charge on any atom is 0.341 e. The van der Waals surface area contributed by atoms with Crippen LogP contribution >= 0.6 is 0 Å². The Kier molecular flexibility index (Phi) is 4.49. The van der Waals surface area contributed by atoms with Crippen LogP contribution in [0.2, 0.25) is 0 Å². The molecule has 0 aromatic carbocycles. The summed E-state index contributed by atoms with van der Waals surface area (Å²) in [5.74, 6) is 0. The summed E-state index contributed by atoms with van der Waals surface area (Å²) in [5, 5.41) is 14.1. The fourth-order valence-electron chi connectivity index (χ4n) is 3.25. The van der Waals surface area contributed by atoms with Crippen LogP contribution in [0.25, 0.3) is 0 Å². The minimum atomic E-state index is -0.364. The largest absolute Gasteiger partial charge is 0.341 e. The van der Waals surface area contributed by atoms with Crippen molar-refractivity contribution in [2.24, 2.45) is 0 Å². The molecular formula is C14H26N2O2. The van der Waals surface area contributed by atoms with Gasteiger partial charge in [-0.25, -0.2) is 9.86 Å². The quantitative estimate of drug-likeness (QED) is 0.586. The van der Waals surface area contributed by atoms with Crippen LogP contribution in [0.4, 0.5) is 4.79 Å². The zero-order chi connectivity index (χ0) is 13.0. The molecule has 0 aromatic heterocycles. The Balaban J connectivity index is 1.86. The molecule has 0 heterocycles. The highest BCUT2D eigenvalue weighted by atomic mass is 16.5. The maximum absolute atomic E-state index is 12.1. The highest BCUT2D eigenvalue weighted by Gasteiger charge is 2.36. The summed E-state index contributed by atoms with van der Waals surface area (Å²) in [7, 11) is 0. The molecule has 2 amide bonds. The van der Waals surface area contributed by atoms with Crippen LogP contribution in [0, 0.1) is 0 Å². The van der Waals surface area contributed by atoms with Crippen LogP contribution in [0.5, 0.6) is 0 Å². The Morgan fingerprint density at radius 3 is 2.28 bits per heavy atom. The minimum Gasteiger partial charge on any atom is -0.333 e. The average molecular weight is 254 g/mol. The molecule has 0 radical (unpaired) electrons. The molecule has 2 fully saturated rings. The second-order valence-corrected chi connectivity index (χ2v) is 6.15. The van der Waals surface area contributed by atoms with Gasteiger partial charge >= 0.3 is 6.03 Å². The summed E-state index contributed by atoms with van der Waals surface area (Å²) in [6.07, 6.45) is 11.0. The Bertz CT molecular complexity index is 282. The second kappa shape index (κ2) is 5.91. The molecule has 2 N–H and O–H groups in total. The Labute approximate surface area is 110 Å². The number of urea groups is 1. The number of nitrogens with one attached hydrogen (secondary N) is 1. The van der Waals surface area contributed by atoms with E-state index in [1.165, 1.54) is 25.7 Å². The van der Waals surface area contributed by atoms with E-state index in [0.717, 1.165) is 43.6 Å². The van der Waals surface area contributed by atoms with Gasteiger partial charge in [-0.05, 0) is 32.6 Å². The van der Waals surface area contributed by atoms with Crippen LogP contribution in [-0.2, 0) is 0 Å². The SMILES string of the molecule is CC1(N(O)C(=O)NC2CCCCC2)CCCCC1. The van der Waals surface area contributed by atoms with Gasteiger partial charge in [-0.2, -0.15) is 0 Å². The number of hydrogen-bond acceptors (Lipinski definition) is 2. The lowest BCUT2D eigenvalue weighted by Crippen LogP contribution is -2.54. The molecule has 0 atom stereocenters. The highest BCUT2D eigenvalue weighted by Crippen LogP contribution is 2.32. The molecule has 0 aliphatic heterocycles. The second-order valence-electron chi connectivity index (χ2n) is 6.15. The van der Waals surface area contributed by atoms with E-state index in [1.54, 1.807) is 0 Å². The number of rotatable bonds is 2. The molecule has 4 nitrogen and oxygen atoms in total. The number of hydrogen-bond donors (Lipinski definition) is 2. The summed E-state index contributed by atoms with van der Waals surface area (Å²) < 4.78 is 0. The highest BCUT2D eigenvalue weighted by molar-refractivity contribution is 5.74. The van der Waals surface area contributed by atoms with Crippen LogP contribution in [0.1, 0.15) is 71.1 Å². The van der Waals surface area contributed by atoms with Crippen LogP contribution < -0.4 is 5.32 Å². The predicted octanol–water partition coefficient (Wildman–Crippen LogP) is 3.44. The predicted molar refractivity (Wildman–Crippen MR) is 70.5 cm³/mol. The van der Waals surface area contributed by atoms with Gasteiger partial charge in [0.05, 0.1) is 5.54 Å². The molecule has 2 rings (SSSR count). The van der Waals surface area contributed by atoms with Gasteiger partial charge in [0, 0.05) is 6.04 Å². The third kappa shape index (κ3) is 3.16. The monoisotopic (exact) mass is 254 g/mol. The van der Waals surface area contributed by atoms with Crippen molar-refractivity contribution >= 4 is 6.03 Å². The van der Waals surface area contributed by atoms with Crippen LogP contribution in [0.3, 0.4) is 0 Å². The first-order valence-corrected chi connectivity index (χ1v) is 7.41. The lowest BCUT2D eigenvalue weighted by atomic mass is 9.83. The zero-order valence-electron chi connectivity index (χ0n) is 11.5. The first-order valence-electron chi connectivity index (χ1n) is 7.41. The molecule has 2 aliphatic carbocycles. The summed E-state index contributed by atoms with van der Waals surface area (Å²) in [6.45, 7) is 1.99. The number of amides is 2. The van der Waals surface area contributed by atoms with Crippen molar-refractivity contribution in [1.82, 2.24) is 10.4 Å². The number of hydroxylamine groups is 2. The van der Waals surface area contributed by atoms with E-state index in [4.69, 9.17) is 0 Å². The number of nitrogens with zero attached hydrogens (tertiary/aromatic N) is 1. The van der Waals surface area contributed by atoms with Crippen molar-refractivity contribution in [3.63, 3.8) is 0 Å². The third-order valence-corrected chi connectivity index (χ3v) is 4.57. The fourth-order valence-corrected chi connectivity index (χ4v) is 3.25. The summed E-state index contributed by atoms with van der Waals surface area (Å²) in [4.78, 5) is 12.1. The molecule has 0 aromatic rings. The van der Waals surface area contributed by atoms with Gasteiger partial charge in [0.2, 0.25) is 0 Å². The average Bonchev–Trinajstić information content (AvgIpc) is 2.40. The van der Waals surface area contributed by atoms with E-state index < -0.39 is 0 Å². The van der Waals surface area contributed by atoms with E-state index >= 15 is 0 Å². The van der Waals surface area contributed by atoms with Gasteiger partial charge in [0.25, 0.3) is 0 Å². The fraction of sp³-hybridized carbons (Fsp3) is 0.929. The molecule has 0 unspecified atom stereocenters. The standard InChI is InChI=1S/C14H26N2O2/c1-14(10-6-3-7-11-14)16(18)13(17)15-12-8-4-2-5-9-12/h12,18H,2-11H2,1H3,(H,15,17). The van der Waals surface area contributed by atoms with Gasteiger partial charge in [-0.1, -0.05) is 38.5 Å². The normalized spacial score (nSPS) is 24.6. The minimum absolute atomic E-state index is 0.257. The van der Waals surface area contributed by atoms with E-state index in [9.17, 15) is 10.0 Å². The lowest BCUT2D eigenvalue weighted by Gasteiger charge is -2.40. The van der Waals surface area contributed by atoms with E-state index in [2.05, 4.69) is 5.32 Å². The Hall–Kier alpha value is -0.770. The summed E-state index contributed by atoms with van der Waals surface area (Å²) in [6, 6.07) is -0.0422. The summed E-state index contributed by atoms with van der Waals surface area (Å²) in [5.41, 5.74) is -0.364. The lowest BCUT2D eigenvalue weighted by molar-refractivity contribution is -0.133. The first kappa shape index (κ1) is 13.7. The van der Waals surface area contributed by atoms with Crippen LogP contribution in [-0.4, -0.2) is 27.9 Å². The maximum atomic E-state index is 12.1. The van der Waals surface area contributed by atoms with E-state index in [-0.39, 0.29) is 17.6 Å². The van der Waals surface area contributed by atoms with Gasteiger partial charge in [0.1, 0.15) is 0 Å². The Morgan fingerprint density at radius 2 is 1.67 bits per heavy atom. The van der Waals surface area contributed by atoms with Crippen molar-refractivity contribution in [3.05, 3.63) is 0 Å². The zero-order valence-corrected chi connectivity index (χ0v) is 11.5.